The summed E-state index contributed by atoms with van der Waals surface area (Å²) in [7, 11) is -0.227. The molecule has 0 saturated heterocycles. The van der Waals surface area contributed by atoms with Gasteiger partial charge < -0.3 is 5.11 Å². The van der Waals surface area contributed by atoms with E-state index in [9.17, 15) is 9.90 Å². The van der Waals surface area contributed by atoms with Crippen molar-refractivity contribution in [2.45, 2.75) is 41.7 Å². The minimum Gasteiger partial charge on any atom is -0.478 e. The van der Waals surface area contributed by atoms with Crippen molar-refractivity contribution >= 4 is 16.9 Å². The second kappa shape index (κ2) is 8.01. The van der Waals surface area contributed by atoms with Crippen LogP contribution in [0.4, 0.5) is 0 Å². The lowest BCUT2D eigenvalue weighted by atomic mass is 9.87. The molecule has 3 aromatic carbocycles. The average Bonchev–Trinajstić information content (AvgIpc) is 2.66. The van der Waals surface area contributed by atoms with Gasteiger partial charge in [0.25, 0.3) is 0 Å². The third-order valence-corrected chi connectivity index (χ3v) is 6.86. The lowest BCUT2D eigenvalue weighted by Crippen LogP contribution is -2.13. The zero-order valence-electron chi connectivity index (χ0n) is 16.0. The Morgan fingerprint density at radius 1 is 0.815 bits per heavy atom. The quantitative estimate of drug-likeness (QED) is 0.561. The van der Waals surface area contributed by atoms with Crippen molar-refractivity contribution in [2.75, 3.05) is 0 Å². The standard InChI is InChI=1S/C24H24O2S/c1-24(2,3)19-13-15-21(16-14-19)27(20-10-5-4-6-11-20)17-18-9-7-8-12-22(18)23(25)26/h4-16H,17H2,1-3H3/p+1. The number of carboxylic acid groups (broad SMARTS) is 1. The molecule has 0 spiro atoms. The zero-order valence-corrected chi connectivity index (χ0v) is 16.8. The molecule has 0 bridgehead atoms. The maximum absolute atomic E-state index is 11.6. The number of carboxylic acids is 1. The van der Waals surface area contributed by atoms with E-state index in [0.717, 1.165) is 5.56 Å². The smallest absolute Gasteiger partial charge is 0.336 e. The van der Waals surface area contributed by atoms with Gasteiger partial charge in [0.1, 0.15) is 5.75 Å². The maximum Gasteiger partial charge on any atom is 0.336 e. The van der Waals surface area contributed by atoms with Crippen molar-refractivity contribution in [2.24, 2.45) is 0 Å². The van der Waals surface area contributed by atoms with Gasteiger partial charge in [-0.1, -0.05) is 69.3 Å². The van der Waals surface area contributed by atoms with Crippen LogP contribution in [0.15, 0.2) is 88.7 Å². The molecule has 0 saturated carbocycles. The van der Waals surface area contributed by atoms with Crippen LogP contribution in [-0.4, -0.2) is 11.1 Å². The topological polar surface area (TPSA) is 37.3 Å². The van der Waals surface area contributed by atoms with Crippen molar-refractivity contribution in [3.05, 3.63) is 95.6 Å². The molecule has 1 N–H and O–H groups in total. The van der Waals surface area contributed by atoms with E-state index in [1.54, 1.807) is 12.1 Å². The van der Waals surface area contributed by atoms with E-state index in [4.69, 9.17) is 0 Å². The molecule has 0 aliphatic carbocycles. The maximum atomic E-state index is 11.6. The van der Waals surface area contributed by atoms with Crippen LogP contribution in [0, 0.1) is 0 Å². The van der Waals surface area contributed by atoms with Crippen molar-refractivity contribution < 1.29 is 9.90 Å². The molecule has 0 aliphatic heterocycles. The van der Waals surface area contributed by atoms with Gasteiger partial charge in [-0.05, 0) is 41.3 Å². The minimum absolute atomic E-state index is 0.111. The van der Waals surface area contributed by atoms with Gasteiger partial charge in [-0.3, -0.25) is 0 Å². The molecule has 3 aromatic rings. The fourth-order valence-electron chi connectivity index (χ4n) is 3.02. The number of hydrogen-bond donors (Lipinski definition) is 1. The summed E-state index contributed by atoms with van der Waals surface area (Å²) >= 11 is 0. The Balaban J connectivity index is 2.02. The van der Waals surface area contributed by atoms with Crippen molar-refractivity contribution in [3.63, 3.8) is 0 Å². The lowest BCUT2D eigenvalue weighted by Gasteiger charge is -2.19. The van der Waals surface area contributed by atoms with E-state index in [1.807, 2.05) is 30.3 Å². The van der Waals surface area contributed by atoms with Crippen molar-refractivity contribution in [1.29, 1.82) is 0 Å². The highest BCUT2D eigenvalue weighted by Crippen LogP contribution is 2.30. The van der Waals surface area contributed by atoms with Gasteiger partial charge in [0, 0.05) is 5.56 Å². The number of aromatic carboxylic acids is 1. The number of benzene rings is 3. The van der Waals surface area contributed by atoms with E-state index in [2.05, 4.69) is 57.2 Å². The molecule has 0 heterocycles. The van der Waals surface area contributed by atoms with Gasteiger partial charge in [0.15, 0.2) is 9.79 Å². The molecule has 0 amide bonds. The normalized spacial score (nSPS) is 12.6. The predicted molar refractivity (Wildman–Crippen MR) is 113 cm³/mol. The zero-order chi connectivity index (χ0) is 19.4. The summed E-state index contributed by atoms with van der Waals surface area (Å²) in [5.74, 6) is -0.188. The first-order valence-electron chi connectivity index (χ1n) is 9.04. The third kappa shape index (κ3) is 4.61. The fourth-order valence-corrected chi connectivity index (χ4v) is 5.14. The summed E-state index contributed by atoms with van der Waals surface area (Å²) in [6.45, 7) is 6.63. The van der Waals surface area contributed by atoms with Gasteiger partial charge in [-0.15, -0.1) is 0 Å². The monoisotopic (exact) mass is 377 g/mol. The number of carbonyl (C=O) groups is 1. The van der Waals surface area contributed by atoms with Gasteiger partial charge in [-0.25, -0.2) is 4.79 Å². The molecular weight excluding hydrogens is 352 g/mol. The van der Waals surface area contributed by atoms with Crippen LogP contribution >= 0.6 is 0 Å². The fraction of sp³-hybridized carbons (Fsp3) is 0.208. The molecule has 2 nitrogen and oxygen atoms in total. The van der Waals surface area contributed by atoms with E-state index >= 15 is 0 Å². The first kappa shape index (κ1) is 19.2. The Bertz CT molecular complexity index is 909. The second-order valence-corrected chi connectivity index (χ2v) is 9.60. The Morgan fingerprint density at radius 2 is 1.37 bits per heavy atom. The third-order valence-electron chi connectivity index (χ3n) is 4.58. The lowest BCUT2D eigenvalue weighted by molar-refractivity contribution is 0.0696. The number of rotatable bonds is 5. The number of hydrogen-bond acceptors (Lipinski definition) is 1. The summed E-state index contributed by atoms with van der Waals surface area (Å²) in [5.41, 5.74) is 2.67. The highest BCUT2D eigenvalue weighted by atomic mass is 32.2. The molecule has 0 aromatic heterocycles. The summed E-state index contributed by atoms with van der Waals surface area (Å²) in [4.78, 5) is 14.1. The molecule has 138 valence electrons. The van der Waals surface area contributed by atoms with E-state index in [-0.39, 0.29) is 16.3 Å². The Morgan fingerprint density at radius 3 is 1.96 bits per heavy atom. The Hall–Kier alpha value is -2.52. The average molecular weight is 378 g/mol. The van der Waals surface area contributed by atoms with E-state index < -0.39 is 5.97 Å². The van der Waals surface area contributed by atoms with E-state index in [1.165, 1.54) is 15.4 Å². The molecule has 0 radical (unpaired) electrons. The summed E-state index contributed by atoms with van der Waals surface area (Å²) in [6.07, 6.45) is 0. The van der Waals surface area contributed by atoms with Crippen LogP contribution in [0.25, 0.3) is 0 Å². The molecule has 1 atom stereocenters. The Labute approximate surface area is 164 Å². The highest BCUT2D eigenvalue weighted by Gasteiger charge is 2.28. The molecular formula is C24H25O2S+. The SMILES string of the molecule is CC(C)(C)c1ccc([S+](Cc2ccccc2C(=O)O)c2ccccc2)cc1. The van der Waals surface area contributed by atoms with Crippen LogP contribution in [-0.2, 0) is 22.1 Å². The molecule has 3 heteroatoms. The van der Waals surface area contributed by atoms with Gasteiger partial charge in [-0.2, -0.15) is 0 Å². The summed E-state index contributed by atoms with van der Waals surface area (Å²) < 4.78 is 0. The molecule has 0 aliphatic rings. The minimum atomic E-state index is -0.870. The van der Waals surface area contributed by atoms with Gasteiger partial charge in [0.05, 0.1) is 16.5 Å². The molecule has 0 fully saturated rings. The summed E-state index contributed by atoms with van der Waals surface area (Å²) in [5, 5.41) is 9.55. The largest absolute Gasteiger partial charge is 0.478 e. The highest BCUT2D eigenvalue weighted by molar-refractivity contribution is 7.96. The molecule has 1 unspecified atom stereocenters. The first-order valence-corrected chi connectivity index (χ1v) is 10.4. The van der Waals surface area contributed by atoms with Crippen LogP contribution in [0.1, 0.15) is 42.3 Å². The van der Waals surface area contributed by atoms with Crippen LogP contribution in [0.3, 0.4) is 0 Å². The first-order chi connectivity index (χ1) is 12.9. The molecule has 3 rings (SSSR count). The van der Waals surface area contributed by atoms with E-state index in [0.29, 0.717) is 11.3 Å². The van der Waals surface area contributed by atoms with Crippen LogP contribution < -0.4 is 0 Å². The van der Waals surface area contributed by atoms with Crippen LogP contribution in [0.2, 0.25) is 0 Å². The van der Waals surface area contributed by atoms with Crippen molar-refractivity contribution in [3.8, 4) is 0 Å². The predicted octanol–water partition coefficient (Wildman–Crippen LogP) is 5.92. The van der Waals surface area contributed by atoms with Gasteiger partial charge in [0.2, 0.25) is 0 Å². The van der Waals surface area contributed by atoms with Crippen molar-refractivity contribution in [1.82, 2.24) is 0 Å². The Kier molecular flexibility index (Phi) is 5.71. The summed E-state index contributed by atoms with van der Waals surface area (Å²) in [6, 6.07) is 26.5. The van der Waals surface area contributed by atoms with Crippen LogP contribution in [0.5, 0.6) is 0 Å². The molecule has 27 heavy (non-hydrogen) atoms. The van der Waals surface area contributed by atoms with Gasteiger partial charge >= 0.3 is 5.97 Å². The second-order valence-electron chi connectivity index (χ2n) is 7.58.